The Kier molecular flexibility index (Phi) is 3.31. The van der Waals surface area contributed by atoms with E-state index in [1.54, 1.807) is 6.92 Å². The number of benzene rings is 1. The zero-order valence-corrected chi connectivity index (χ0v) is 9.05. The van der Waals surface area contributed by atoms with Crippen molar-refractivity contribution in [3.05, 3.63) is 28.3 Å². The first-order valence-electron chi connectivity index (χ1n) is 4.23. The van der Waals surface area contributed by atoms with Crippen LogP contribution in [0.4, 0.5) is 5.69 Å². The number of anilines is 1. The van der Waals surface area contributed by atoms with Crippen molar-refractivity contribution in [1.82, 2.24) is 0 Å². The summed E-state index contributed by atoms with van der Waals surface area (Å²) in [5.41, 5.74) is 1.10. The minimum Gasteiger partial charge on any atom is -0.478 e. The summed E-state index contributed by atoms with van der Waals surface area (Å²) in [7, 11) is 0. The Labute approximate surface area is 91.9 Å². The van der Waals surface area contributed by atoms with Gasteiger partial charge in [-0.2, -0.15) is 0 Å². The first kappa shape index (κ1) is 11.5. The Bertz CT molecular complexity index is 429. The van der Waals surface area contributed by atoms with Gasteiger partial charge in [-0.3, -0.25) is 4.79 Å². The Morgan fingerprint density at radius 3 is 2.47 bits per heavy atom. The quantitative estimate of drug-likeness (QED) is 0.815. The van der Waals surface area contributed by atoms with Gasteiger partial charge >= 0.3 is 5.97 Å². The van der Waals surface area contributed by atoms with Gasteiger partial charge in [-0.15, -0.1) is 0 Å². The summed E-state index contributed by atoms with van der Waals surface area (Å²) in [6.45, 7) is 3.03. The van der Waals surface area contributed by atoms with Crippen LogP contribution in [-0.2, 0) is 4.79 Å². The molecule has 0 atom stereocenters. The predicted octanol–water partition coefficient (Wildman–Crippen LogP) is 2.31. The van der Waals surface area contributed by atoms with E-state index < -0.39 is 5.97 Å². The first-order valence-corrected chi connectivity index (χ1v) is 4.61. The van der Waals surface area contributed by atoms with Crippen molar-refractivity contribution in [2.24, 2.45) is 0 Å². The van der Waals surface area contributed by atoms with E-state index in [1.807, 2.05) is 0 Å². The smallest absolute Gasteiger partial charge is 0.337 e. The first-order chi connectivity index (χ1) is 6.93. The molecule has 0 bridgehead atoms. The molecule has 1 aromatic carbocycles. The van der Waals surface area contributed by atoms with Gasteiger partial charge in [0.1, 0.15) is 0 Å². The molecule has 0 saturated heterocycles. The van der Waals surface area contributed by atoms with E-state index in [9.17, 15) is 9.59 Å². The Morgan fingerprint density at radius 1 is 1.40 bits per heavy atom. The highest BCUT2D eigenvalue weighted by molar-refractivity contribution is 6.34. The summed E-state index contributed by atoms with van der Waals surface area (Å²) < 4.78 is 0. The number of halogens is 1. The average Bonchev–Trinajstić information content (AvgIpc) is 2.12. The molecule has 0 saturated carbocycles. The highest BCUT2D eigenvalue weighted by Gasteiger charge is 2.13. The molecule has 1 amide bonds. The van der Waals surface area contributed by atoms with Gasteiger partial charge in [0.15, 0.2) is 0 Å². The van der Waals surface area contributed by atoms with Gasteiger partial charge in [0.25, 0.3) is 0 Å². The van der Waals surface area contributed by atoms with Crippen LogP contribution in [0, 0.1) is 6.92 Å². The van der Waals surface area contributed by atoms with Crippen LogP contribution >= 0.6 is 11.6 Å². The van der Waals surface area contributed by atoms with E-state index in [-0.39, 0.29) is 16.5 Å². The summed E-state index contributed by atoms with van der Waals surface area (Å²) in [5, 5.41) is 11.5. The summed E-state index contributed by atoms with van der Waals surface area (Å²) in [6.07, 6.45) is 0. The molecule has 0 aliphatic carbocycles. The van der Waals surface area contributed by atoms with Crippen LogP contribution in [0.25, 0.3) is 0 Å². The van der Waals surface area contributed by atoms with Gasteiger partial charge in [-0.25, -0.2) is 4.79 Å². The maximum atomic E-state index is 10.8. The molecule has 5 heteroatoms. The second-order valence-electron chi connectivity index (χ2n) is 3.09. The molecule has 1 rings (SSSR count). The van der Waals surface area contributed by atoms with Gasteiger partial charge in [0.2, 0.25) is 5.91 Å². The number of carboxylic acids is 1. The number of hydrogen-bond acceptors (Lipinski definition) is 2. The second kappa shape index (κ2) is 4.31. The van der Waals surface area contributed by atoms with Crippen LogP contribution in [0.1, 0.15) is 22.8 Å². The van der Waals surface area contributed by atoms with Crippen LogP contribution in [0.15, 0.2) is 12.1 Å². The minimum atomic E-state index is -1.09. The Morgan fingerprint density at radius 2 is 2.00 bits per heavy atom. The fourth-order valence-electron chi connectivity index (χ4n) is 1.18. The summed E-state index contributed by atoms with van der Waals surface area (Å²) in [6, 6.07) is 2.88. The van der Waals surface area contributed by atoms with Crippen LogP contribution in [0.3, 0.4) is 0 Å². The molecule has 0 radical (unpaired) electrons. The zero-order valence-electron chi connectivity index (χ0n) is 8.30. The molecular weight excluding hydrogens is 218 g/mol. The molecule has 0 aliphatic rings. The Hall–Kier alpha value is -1.55. The van der Waals surface area contributed by atoms with E-state index in [2.05, 4.69) is 5.32 Å². The number of carboxylic acid groups (broad SMARTS) is 1. The largest absolute Gasteiger partial charge is 0.478 e. The molecule has 0 fully saturated rings. The highest BCUT2D eigenvalue weighted by Crippen LogP contribution is 2.27. The molecule has 0 heterocycles. The van der Waals surface area contributed by atoms with Crippen molar-refractivity contribution in [3.63, 3.8) is 0 Å². The van der Waals surface area contributed by atoms with Crippen LogP contribution in [-0.4, -0.2) is 17.0 Å². The average molecular weight is 228 g/mol. The van der Waals surface area contributed by atoms with Gasteiger partial charge < -0.3 is 10.4 Å². The van der Waals surface area contributed by atoms with Crippen LogP contribution < -0.4 is 5.32 Å². The number of hydrogen-bond donors (Lipinski definition) is 2. The topological polar surface area (TPSA) is 66.4 Å². The number of amides is 1. The number of rotatable bonds is 2. The van der Waals surface area contributed by atoms with Crippen molar-refractivity contribution in [2.45, 2.75) is 13.8 Å². The number of carbonyl (C=O) groups is 2. The van der Waals surface area contributed by atoms with E-state index in [1.165, 1.54) is 19.1 Å². The van der Waals surface area contributed by atoms with Crippen LogP contribution in [0.2, 0.25) is 5.02 Å². The molecule has 15 heavy (non-hydrogen) atoms. The van der Waals surface area contributed by atoms with Crippen molar-refractivity contribution in [1.29, 1.82) is 0 Å². The molecule has 4 nitrogen and oxygen atoms in total. The molecular formula is C10H10ClNO3. The van der Waals surface area contributed by atoms with E-state index in [0.29, 0.717) is 11.3 Å². The third-order valence-corrected chi connectivity index (χ3v) is 2.41. The third-order valence-electron chi connectivity index (χ3n) is 1.93. The van der Waals surface area contributed by atoms with Crippen molar-refractivity contribution < 1.29 is 14.7 Å². The van der Waals surface area contributed by atoms with Gasteiger partial charge in [0.05, 0.1) is 10.6 Å². The van der Waals surface area contributed by atoms with Crippen molar-refractivity contribution in [2.75, 3.05) is 5.32 Å². The molecule has 0 aromatic heterocycles. The monoisotopic (exact) mass is 227 g/mol. The summed E-state index contributed by atoms with van der Waals surface area (Å²) in [4.78, 5) is 21.6. The lowest BCUT2D eigenvalue weighted by molar-refractivity contribution is -0.114. The fraction of sp³-hybridized carbons (Fsp3) is 0.200. The predicted molar refractivity (Wildman–Crippen MR) is 57.5 cm³/mol. The standard InChI is InChI=1S/C10H10ClNO3/c1-5-8(12-6(2)13)4-3-7(9(5)11)10(14)15/h3-4H,1-2H3,(H,12,13)(H,14,15). The molecule has 0 spiro atoms. The normalized spacial score (nSPS) is 9.80. The molecule has 1 aromatic rings. The van der Waals surface area contributed by atoms with E-state index >= 15 is 0 Å². The maximum Gasteiger partial charge on any atom is 0.337 e. The van der Waals surface area contributed by atoms with Crippen molar-refractivity contribution in [3.8, 4) is 0 Å². The summed E-state index contributed by atoms with van der Waals surface area (Å²) in [5.74, 6) is -1.31. The fourth-order valence-corrected chi connectivity index (χ4v) is 1.42. The highest BCUT2D eigenvalue weighted by atomic mass is 35.5. The summed E-state index contributed by atoms with van der Waals surface area (Å²) >= 11 is 5.84. The number of nitrogens with one attached hydrogen (secondary N) is 1. The molecule has 0 aliphatic heterocycles. The van der Waals surface area contributed by atoms with Gasteiger partial charge in [-0.05, 0) is 24.6 Å². The number of aromatic carboxylic acids is 1. The van der Waals surface area contributed by atoms with Gasteiger partial charge in [-0.1, -0.05) is 11.6 Å². The maximum absolute atomic E-state index is 10.8. The third kappa shape index (κ3) is 2.47. The number of carbonyl (C=O) groups excluding carboxylic acids is 1. The lowest BCUT2D eigenvalue weighted by atomic mass is 10.1. The molecule has 80 valence electrons. The SMILES string of the molecule is CC(=O)Nc1ccc(C(=O)O)c(Cl)c1C. The lowest BCUT2D eigenvalue weighted by Gasteiger charge is -2.09. The lowest BCUT2D eigenvalue weighted by Crippen LogP contribution is -2.08. The van der Waals surface area contributed by atoms with E-state index in [4.69, 9.17) is 16.7 Å². The molecule has 0 unspecified atom stereocenters. The van der Waals surface area contributed by atoms with Gasteiger partial charge in [0, 0.05) is 12.6 Å². The van der Waals surface area contributed by atoms with Crippen molar-refractivity contribution >= 4 is 29.2 Å². The van der Waals surface area contributed by atoms with Crippen LogP contribution in [0.5, 0.6) is 0 Å². The second-order valence-corrected chi connectivity index (χ2v) is 3.46. The Balaban J connectivity index is 3.21. The van der Waals surface area contributed by atoms with E-state index in [0.717, 1.165) is 0 Å². The molecule has 2 N–H and O–H groups in total. The minimum absolute atomic E-state index is 0.0308. The zero-order chi connectivity index (χ0) is 11.6.